The predicted octanol–water partition coefficient (Wildman–Crippen LogP) is 3.65. The number of thiophene rings is 1. The number of hydrogen-bond donors (Lipinski definition) is 0. The molecule has 0 radical (unpaired) electrons. The number of hydrogen-bond acceptors (Lipinski definition) is 5. The Morgan fingerprint density at radius 1 is 1.43 bits per heavy atom. The van der Waals surface area contributed by atoms with E-state index in [2.05, 4.69) is 0 Å². The predicted molar refractivity (Wildman–Crippen MR) is 82.4 cm³/mol. The molecule has 1 aromatic heterocycles. The lowest BCUT2D eigenvalue weighted by molar-refractivity contribution is -0.384. The van der Waals surface area contributed by atoms with Crippen molar-refractivity contribution in [3.05, 3.63) is 20.5 Å². The number of nitrogens with zero attached hydrogens (tertiary/aromatic N) is 2. The molecule has 21 heavy (non-hydrogen) atoms. The quantitative estimate of drug-likeness (QED) is 0.598. The van der Waals surface area contributed by atoms with Gasteiger partial charge in [-0.1, -0.05) is 37.8 Å². The molecule has 118 valence electrons. The van der Waals surface area contributed by atoms with Crippen molar-refractivity contribution in [3.8, 4) is 0 Å². The van der Waals surface area contributed by atoms with Crippen LogP contribution in [0, 0.1) is 10.1 Å². The minimum absolute atomic E-state index is 0.0197. The molecule has 0 atom stereocenters. The SMILES string of the molecule is CCN(C1CCCCC1)S(=O)(=O)c1cc([N+](=O)[O-])c(Cl)s1. The molecule has 9 heteroatoms. The lowest BCUT2D eigenvalue weighted by Crippen LogP contribution is -2.40. The monoisotopic (exact) mass is 352 g/mol. The van der Waals surface area contributed by atoms with E-state index in [-0.39, 0.29) is 20.3 Å². The van der Waals surface area contributed by atoms with Gasteiger partial charge in [0.05, 0.1) is 4.92 Å². The zero-order valence-corrected chi connectivity index (χ0v) is 14.0. The third kappa shape index (κ3) is 3.39. The van der Waals surface area contributed by atoms with E-state index in [9.17, 15) is 18.5 Å². The third-order valence-corrected chi connectivity index (χ3v) is 7.51. The standard InChI is InChI=1S/C12H17ClN2O4S2/c1-2-14(9-6-4-3-5-7-9)21(18,19)11-8-10(15(16)17)12(13)20-11/h8-9H,2-7H2,1H3. The summed E-state index contributed by atoms with van der Waals surface area (Å²) in [5, 5.41) is 10.8. The van der Waals surface area contributed by atoms with E-state index in [1.54, 1.807) is 6.92 Å². The van der Waals surface area contributed by atoms with Crippen LogP contribution in [-0.2, 0) is 10.0 Å². The van der Waals surface area contributed by atoms with E-state index < -0.39 is 14.9 Å². The molecular weight excluding hydrogens is 336 g/mol. The molecule has 0 aliphatic heterocycles. The molecule has 1 aromatic rings. The highest BCUT2D eigenvalue weighted by Crippen LogP contribution is 2.38. The van der Waals surface area contributed by atoms with Gasteiger partial charge < -0.3 is 0 Å². The van der Waals surface area contributed by atoms with Gasteiger partial charge in [0.2, 0.25) is 0 Å². The van der Waals surface area contributed by atoms with E-state index >= 15 is 0 Å². The van der Waals surface area contributed by atoms with Crippen molar-refractivity contribution in [1.82, 2.24) is 4.31 Å². The first-order valence-corrected chi connectivity index (χ1v) is 9.47. The molecule has 1 saturated carbocycles. The topological polar surface area (TPSA) is 80.5 Å². The molecule has 0 spiro atoms. The Bertz CT molecular complexity index is 623. The van der Waals surface area contributed by atoms with Gasteiger partial charge in [-0.15, -0.1) is 11.3 Å². The van der Waals surface area contributed by atoms with Crippen LogP contribution in [0.1, 0.15) is 39.0 Å². The first-order chi connectivity index (χ1) is 9.87. The van der Waals surface area contributed by atoms with Crippen LogP contribution in [0.5, 0.6) is 0 Å². The molecule has 0 bridgehead atoms. The average molecular weight is 353 g/mol. The van der Waals surface area contributed by atoms with Crippen molar-refractivity contribution in [3.63, 3.8) is 0 Å². The summed E-state index contributed by atoms with van der Waals surface area (Å²) in [4.78, 5) is 10.2. The van der Waals surface area contributed by atoms with Crippen molar-refractivity contribution in [2.24, 2.45) is 0 Å². The maximum atomic E-state index is 12.7. The number of rotatable bonds is 5. The third-order valence-electron chi connectivity index (χ3n) is 3.70. The minimum Gasteiger partial charge on any atom is -0.258 e. The van der Waals surface area contributed by atoms with Crippen LogP contribution in [0.4, 0.5) is 5.69 Å². The Hall–Kier alpha value is -0.700. The average Bonchev–Trinajstić information content (AvgIpc) is 2.83. The van der Waals surface area contributed by atoms with Gasteiger partial charge >= 0.3 is 0 Å². The maximum Gasteiger partial charge on any atom is 0.300 e. The highest BCUT2D eigenvalue weighted by Gasteiger charge is 2.34. The summed E-state index contributed by atoms with van der Waals surface area (Å²) in [7, 11) is -3.72. The Labute approximate surface area is 132 Å². The van der Waals surface area contributed by atoms with E-state index in [1.165, 1.54) is 4.31 Å². The fourth-order valence-electron chi connectivity index (χ4n) is 2.70. The van der Waals surface area contributed by atoms with Gasteiger partial charge in [-0.2, -0.15) is 4.31 Å². The highest BCUT2D eigenvalue weighted by molar-refractivity contribution is 7.91. The highest BCUT2D eigenvalue weighted by atomic mass is 35.5. The second-order valence-corrected chi connectivity index (χ2v) is 8.75. The zero-order valence-electron chi connectivity index (χ0n) is 11.6. The van der Waals surface area contributed by atoms with Crippen molar-refractivity contribution in [2.45, 2.75) is 49.3 Å². The molecule has 1 aliphatic carbocycles. The summed E-state index contributed by atoms with van der Waals surface area (Å²) in [5.74, 6) is 0. The van der Waals surface area contributed by atoms with Crippen molar-refractivity contribution in [2.75, 3.05) is 6.54 Å². The largest absolute Gasteiger partial charge is 0.300 e. The lowest BCUT2D eigenvalue weighted by Gasteiger charge is -2.32. The molecule has 0 amide bonds. The fraction of sp³-hybridized carbons (Fsp3) is 0.667. The molecule has 1 heterocycles. The van der Waals surface area contributed by atoms with Crippen LogP contribution in [0.25, 0.3) is 0 Å². The smallest absolute Gasteiger partial charge is 0.258 e. The molecule has 6 nitrogen and oxygen atoms in total. The molecule has 0 unspecified atom stereocenters. The first-order valence-electron chi connectivity index (χ1n) is 6.83. The molecule has 1 aliphatic rings. The van der Waals surface area contributed by atoms with Crippen LogP contribution in [0.3, 0.4) is 0 Å². The first kappa shape index (κ1) is 16.7. The van der Waals surface area contributed by atoms with Crippen LogP contribution < -0.4 is 0 Å². The van der Waals surface area contributed by atoms with E-state index in [0.717, 1.165) is 49.5 Å². The number of sulfonamides is 1. The van der Waals surface area contributed by atoms with E-state index in [4.69, 9.17) is 11.6 Å². The maximum absolute atomic E-state index is 12.7. The van der Waals surface area contributed by atoms with Crippen LogP contribution in [0.15, 0.2) is 10.3 Å². The van der Waals surface area contributed by atoms with Crippen LogP contribution in [0.2, 0.25) is 4.34 Å². The Balaban J connectivity index is 2.34. The van der Waals surface area contributed by atoms with Gasteiger partial charge in [-0.3, -0.25) is 10.1 Å². The van der Waals surface area contributed by atoms with Gasteiger partial charge in [0.1, 0.15) is 4.21 Å². The minimum atomic E-state index is -3.72. The normalized spacial score (nSPS) is 17.3. The van der Waals surface area contributed by atoms with Crippen LogP contribution in [-0.4, -0.2) is 30.2 Å². The Kier molecular flexibility index (Phi) is 5.24. The molecular formula is C12H17ClN2O4S2. The molecule has 0 N–H and O–H groups in total. The number of halogens is 1. The number of nitro groups is 1. The molecule has 1 fully saturated rings. The summed E-state index contributed by atoms with van der Waals surface area (Å²) in [6.45, 7) is 2.14. The van der Waals surface area contributed by atoms with Crippen LogP contribution >= 0.6 is 22.9 Å². The van der Waals surface area contributed by atoms with Crippen molar-refractivity contribution in [1.29, 1.82) is 0 Å². The Morgan fingerprint density at radius 2 is 2.05 bits per heavy atom. The van der Waals surface area contributed by atoms with Crippen molar-refractivity contribution < 1.29 is 13.3 Å². The summed E-state index contributed by atoms with van der Waals surface area (Å²) in [5.41, 5.74) is -0.347. The summed E-state index contributed by atoms with van der Waals surface area (Å²) >= 11 is 6.53. The van der Waals surface area contributed by atoms with E-state index in [1.807, 2.05) is 0 Å². The van der Waals surface area contributed by atoms with Gasteiger partial charge in [0, 0.05) is 18.7 Å². The van der Waals surface area contributed by atoms with E-state index in [0.29, 0.717) is 6.54 Å². The van der Waals surface area contributed by atoms with Crippen molar-refractivity contribution >= 4 is 38.6 Å². The Morgan fingerprint density at radius 3 is 2.52 bits per heavy atom. The van der Waals surface area contributed by atoms with Gasteiger partial charge in [-0.05, 0) is 12.8 Å². The zero-order chi connectivity index (χ0) is 15.6. The summed E-state index contributed by atoms with van der Waals surface area (Å²) < 4.78 is 26.7. The summed E-state index contributed by atoms with van der Waals surface area (Å²) in [6, 6.07) is 1.04. The molecule has 0 aromatic carbocycles. The molecule has 2 rings (SSSR count). The van der Waals surface area contributed by atoms with Gasteiger partial charge in [-0.25, -0.2) is 8.42 Å². The fourth-order valence-corrected chi connectivity index (χ4v) is 6.19. The second kappa shape index (κ2) is 6.60. The van der Waals surface area contributed by atoms with Gasteiger partial charge in [0.15, 0.2) is 4.34 Å². The van der Waals surface area contributed by atoms with Gasteiger partial charge in [0.25, 0.3) is 15.7 Å². The molecule has 0 saturated heterocycles. The lowest BCUT2D eigenvalue weighted by atomic mass is 9.95. The summed E-state index contributed by atoms with van der Waals surface area (Å²) in [6.07, 6.45) is 4.84. The second-order valence-electron chi connectivity index (χ2n) is 4.98.